The van der Waals surface area contributed by atoms with Gasteiger partial charge in [0.05, 0.1) is 26.4 Å². The summed E-state index contributed by atoms with van der Waals surface area (Å²) in [6.45, 7) is 12.3. The third-order valence-electron chi connectivity index (χ3n) is 6.42. The molecule has 2 N–H and O–H groups in total. The van der Waals surface area contributed by atoms with Crippen LogP contribution < -0.4 is 14.8 Å². The summed E-state index contributed by atoms with van der Waals surface area (Å²) in [7, 11) is 3.36. The molecule has 0 aromatic heterocycles. The number of hydrogen-bond acceptors (Lipinski definition) is 3. The molecule has 1 aromatic rings. The molecule has 1 heterocycles. The second-order valence-electron chi connectivity index (χ2n) is 8.32. The molecule has 0 saturated carbocycles. The molecule has 2 rings (SSSR count). The van der Waals surface area contributed by atoms with Crippen molar-refractivity contribution in [2.45, 2.75) is 65.5 Å². The molecule has 0 unspecified atom stereocenters. The van der Waals surface area contributed by atoms with E-state index < -0.39 is 0 Å². The summed E-state index contributed by atoms with van der Waals surface area (Å²) in [6.07, 6.45) is 4.70. The SMILES string of the molecule is CC[C@@]1(C)C[C@@](CC[NH2+]Cc2ccc(OC)c(OC)c2)(C(C)C)CCO1. The van der Waals surface area contributed by atoms with Crippen molar-refractivity contribution in [1.82, 2.24) is 0 Å². The van der Waals surface area contributed by atoms with Crippen molar-refractivity contribution in [2.75, 3.05) is 27.4 Å². The zero-order valence-corrected chi connectivity index (χ0v) is 17.6. The van der Waals surface area contributed by atoms with Gasteiger partial charge in [0, 0.05) is 18.6 Å². The molecule has 1 aliphatic heterocycles. The fraction of sp³-hybridized carbons (Fsp3) is 0.727. The van der Waals surface area contributed by atoms with Crippen LogP contribution in [0.25, 0.3) is 0 Å². The van der Waals surface area contributed by atoms with Crippen LogP contribution in [0, 0.1) is 11.3 Å². The van der Waals surface area contributed by atoms with Crippen molar-refractivity contribution >= 4 is 0 Å². The monoisotopic (exact) mass is 364 g/mol. The molecule has 2 atom stereocenters. The zero-order valence-electron chi connectivity index (χ0n) is 17.6. The zero-order chi connectivity index (χ0) is 19.2. The molecule has 1 saturated heterocycles. The summed E-state index contributed by atoms with van der Waals surface area (Å²) in [4.78, 5) is 0. The number of ether oxygens (including phenoxy) is 3. The molecular weight excluding hydrogens is 326 g/mol. The Morgan fingerprint density at radius 3 is 2.54 bits per heavy atom. The molecule has 0 amide bonds. The van der Waals surface area contributed by atoms with Gasteiger partial charge in [-0.3, -0.25) is 0 Å². The van der Waals surface area contributed by atoms with Gasteiger partial charge in [0.25, 0.3) is 0 Å². The van der Waals surface area contributed by atoms with Gasteiger partial charge in [0.2, 0.25) is 0 Å². The first-order chi connectivity index (χ1) is 12.4. The van der Waals surface area contributed by atoms with Crippen LogP contribution in [0.2, 0.25) is 0 Å². The highest BCUT2D eigenvalue weighted by Crippen LogP contribution is 2.47. The van der Waals surface area contributed by atoms with Gasteiger partial charge in [0.1, 0.15) is 6.54 Å². The first kappa shape index (κ1) is 21.0. The summed E-state index contributed by atoms with van der Waals surface area (Å²) in [5.74, 6) is 2.28. The Hall–Kier alpha value is -1.26. The van der Waals surface area contributed by atoms with Crippen LogP contribution in [-0.2, 0) is 11.3 Å². The average molecular weight is 365 g/mol. The third kappa shape index (κ3) is 4.92. The Morgan fingerprint density at radius 2 is 1.92 bits per heavy atom. The van der Waals surface area contributed by atoms with Crippen LogP contribution in [-0.4, -0.2) is 33.0 Å². The van der Waals surface area contributed by atoms with E-state index >= 15 is 0 Å². The van der Waals surface area contributed by atoms with E-state index in [4.69, 9.17) is 14.2 Å². The van der Waals surface area contributed by atoms with E-state index in [0.717, 1.165) is 37.6 Å². The quantitative estimate of drug-likeness (QED) is 0.678. The summed E-state index contributed by atoms with van der Waals surface area (Å²) in [5, 5.41) is 2.42. The van der Waals surface area contributed by atoms with Gasteiger partial charge in [0.15, 0.2) is 11.5 Å². The minimum Gasteiger partial charge on any atom is -0.493 e. The minimum atomic E-state index is 0.0475. The maximum absolute atomic E-state index is 6.11. The molecule has 4 nitrogen and oxygen atoms in total. The number of nitrogens with two attached hydrogens (primary N) is 1. The van der Waals surface area contributed by atoms with E-state index in [-0.39, 0.29) is 5.60 Å². The van der Waals surface area contributed by atoms with Crippen LogP contribution in [0.4, 0.5) is 0 Å². The molecule has 1 aromatic carbocycles. The van der Waals surface area contributed by atoms with Gasteiger partial charge in [-0.2, -0.15) is 0 Å². The van der Waals surface area contributed by atoms with Crippen molar-refractivity contribution in [3.63, 3.8) is 0 Å². The van der Waals surface area contributed by atoms with E-state index in [9.17, 15) is 0 Å². The van der Waals surface area contributed by atoms with Gasteiger partial charge in [-0.1, -0.05) is 20.8 Å². The van der Waals surface area contributed by atoms with Crippen LogP contribution >= 0.6 is 0 Å². The lowest BCUT2D eigenvalue weighted by Crippen LogP contribution is -2.83. The smallest absolute Gasteiger partial charge is 0.161 e. The van der Waals surface area contributed by atoms with Gasteiger partial charge >= 0.3 is 0 Å². The van der Waals surface area contributed by atoms with Gasteiger partial charge in [-0.25, -0.2) is 0 Å². The molecular formula is C22H38NO3+. The van der Waals surface area contributed by atoms with Gasteiger partial charge in [-0.05, 0) is 55.7 Å². The average Bonchev–Trinajstić information content (AvgIpc) is 2.65. The lowest BCUT2D eigenvalue weighted by atomic mass is 9.64. The Labute approximate surface area is 159 Å². The summed E-state index contributed by atoms with van der Waals surface area (Å²) in [6, 6.07) is 6.19. The van der Waals surface area contributed by atoms with E-state index in [1.54, 1.807) is 14.2 Å². The number of methoxy groups -OCH3 is 2. The summed E-state index contributed by atoms with van der Waals surface area (Å²) in [5.41, 5.74) is 1.72. The molecule has 0 aliphatic carbocycles. The largest absolute Gasteiger partial charge is 0.493 e. The van der Waals surface area contributed by atoms with Crippen LogP contribution in [0.5, 0.6) is 11.5 Å². The van der Waals surface area contributed by atoms with E-state index in [1.807, 2.05) is 6.07 Å². The molecule has 0 spiro atoms. The molecule has 1 fully saturated rings. The van der Waals surface area contributed by atoms with E-state index in [2.05, 4.69) is 45.1 Å². The van der Waals surface area contributed by atoms with E-state index in [0.29, 0.717) is 11.3 Å². The Balaban J connectivity index is 1.92. The number of hydrogen-bond donors (Lipinski definition) is 1. The highest BCUT2D eigenvalue weighted by Gasteiger charge is 2.44. The fourth-order valence-corrected chi connectivity index (χ4v) is 4.27. The predicted molar refractivity (Wildman–Crippen MR) is 106 cm³/mol. The van der Waals surface area contributed by atoms with Crippen molar-refractivity contribution in [1.29, 1.82) is 0 Å². The Kier molecular flexibility index (Phi) is 7.36. The first-order valence-electron chi connectivity index (χ1n) is 10.0. The third-order valence-corrected chi connectivity index (χ3v) is 6.42. The second kappa shape index (κ2) is 9.09. The van der Waals surface area contributed by atoms with Crippen molar-refractivity contribution in [3.8, 4) is 11.5 Å². The minimum absolute atomic E-state index is 0.0475. The highest BCUT2D eigenvalue weighted by atomic mass is 16.5. The summed E-state index contributed by atoms with van der Waals surface area (Å²) >= 11 is 0. The first-order valence-corrected chi connectivity index (χ1v) is 10.0. The topological polar surface area (TPSA) is 44.3 Å². The maximum atomic E-state index is 6.11. The van der Waals surface area contributed by atoms with Gasteiger partial charge < -0.3 is 19.5 Å². The van der Waals surface area contributed by atoms with Crippen LogP contribution in [0.15, 0.2) is 18.2 Å². The molecule has 1 aliphatic rings. The molecule has 26 heavy (non-hydrogen) atoms. The molecule has 0 bridgehead atoms. The molecule has 4 heteroatoms. The predicted octanol–water partition coefficient (Wildman–Crippen LogP) is 3.78. The number of quaternary nitrogens is 1. The normalized spacial score (nSPS) is 26.1. The second-order valence-corrected chi connectivity index (χ2v) is 8.32. The summed E-state index contributed by atoms with van der Waals surface area (Å²) < 4.78 is 16.8. The Morgan fingerprint density at radius 1 is 1.19 bits per heavy atom. The van der Waals surface area contributed by atoms with Gasteiger partial charge in [-0.15, -0.1) is 0 Å². The number of rotatable bonds is 9. The molecule has 148 valence electrons. The maximum Gasteiger partial charge on any atom is 0.161 e. The van der Waals surface area contributed by atoms with Crippen molar-refractivity contribution in [2.24, 2.45) is 11.3 Å². The van der Waals surface area contributed by atoms with Crippen molar-refractivity contribution in [3.05, 3.63) is 23.8 Å². The lowest BCUT2D eigenvalue weighted by Gasteiger charge is -2.48. The Bertz CT molecular complexity index is 575. The number of benzene rings is 1. The van der Waals surface area contributed by atoms with E-state index in [1.165, 1.54) is 24.8 Å². The van der Waals surface area contributed by atoms with Crippen LogP contribution in [0.1, 0.15) is 58.9 Å². The lowest BCUT2D eigenvalue weighted by molar-refractivity contribution is -0.672. The van der Waals surface area contributed by atoms with Crippen molar-refractivity contribution < 1.29 is 19.5 Å². The molecule has 0 radical (unpaired) electrons. The highest BCUT2D eigenvalue weighted by molar-refractivity contribution is 5.42. The standard InChI is InChI=1S/C22H37NO3/c1-7-21(4)16-22(17(2)3,11-13-26-21)10-12-23-15-18-8-9-19(24-5)20(14-18)25-6/h8-9,14,17,23H,7,10-13,15-16H2,1-6H3/p+1/t21-,22-/m0/s1. The fourth-order valence-electron chi connectivity index (χ4n) is 4.27. The van der Waals surface area contributed by atoms with Crippen LogP contribution in [0.3, 0.4) is 0 Å².